The molecule has 0 unspecified atom stereocenters. The first-order valence-electron chi connectivity index (χ1n) is 11.8. The van der Waals surface area contributed by atoms with E-state index in [1.807, 2.05) is 104 Å². The number of carbonyl (C=O) groups is 1. The Bertz CT molecular complexity index is 1360. The number of ether oxygens (including phenoxy) is 1. The van der Waals surface area contributed by atoms with E-state index in [9.17, 15) is 15.3 Å². The van der Waals surface area contributed by atoms with Gasteiger partial charge < -0.3 is 9.64 Å². The summed E-state index contributed by atoms with van der Waals surface area (Å²) in [7, 11) is 0. The number of hydrogen-bond acceptors (Lipinski definition) is 5. The van der Waals surface area contributed by atoms with Gasteiger partial charge in [-0.15, -0.1) is 0 Å². The molecule has 2 aliphatic rings. The molecule has 3 atom stereocenters. The lowest BCUT2D eigenvalue weighted by Gasteiger charge is -2.35. The fourth-order valence-corrected chi connectivity index (χ4v) is 5.43. The van der Waals surface area contributed by atoms with Crippen molar-refractivity contribution in [2.45, 2.75) is 31.8 Å². The number of nitrogens with zero attached hydrogens (tertiary/aromatic N) is 3. The Labute approximate surface area is 205 Å². The number of carbonyl (C=O) groups excluding carboxylic acids is 1. The van der Waals surface area contributed by atoms with E-state index in [-0.39, 0.29) is 5.78 Å². The third kappa shape index (κ3) is 3.49. The molecule has 3 aromatic carbocycles. The zero-order chi connectivity index (χ0) is 24.6. The van der Waals surface area contributed by atoms with E-state index in [0.717, 1.165) is 22.4 Å². The van der Waals surface area contributed by atoms with Crippen molar-refractivity contribution in [3.63, 3.8) is 0 Å². The zero-order valence-electron chi connectivity index (χ0n) is 19.7. The minimum Gasteiger partial charge on any atom is -0.494 e. The standard InChI is InChI=1S/C30H25N3O2/c1-3-35-24-15-12-22(13-16-24)27-28(29(34)23-10-8-20(2)9-11-23)33-25-7-5-4-6-21(25)14-17-26(33)30(27,18-31)19-32/h4-17,26-28H,3H2,1-2H3/t26-,27-,28+/m0/s1. The number of anilines is 1. The molecule has 5 rings (SSSR count). The van der Waals surface area contributed by atoms with E-state index in [4.69, 9.17) is 4.74 Å². The first kappa shape index (κ1) is 22.4. The number of aryl methyl sites for hydroxylation is 1. The second kappa shape index (κ2) is 8.78. The molecule has 0 aromatic heterocycles. The van der Waals surface area contributed by atoms with Crippen LogP contribution < -0.4 is 9.64 Å². The second-order valence-corrected chi connectivity index (χ2v) is 9.02. The fourth-order valence-electron chi connectivity index (χ4n) is 5.43. The number of para-hydroxylation sites is 1. The van der Waals surface area contributed by atoms with Crippen LogP contribution in [0.25, 0.3) is 6.08 Å². The van der Waals surface area contributed by atoms with E-state index in [0.29, 0.717) is 17.9 Å². The smallest absolute Gasteiger partial charge is 0.185 e. The fraction of sp³-hybridized carbons (Fsp3) is 0.233. The Morgan fingerprint density at radius 2 is 1.69 bits per heavy atom. The molecule has 3 aromatic rings. The van der Waals surface area contributed by atoms with Gasteiger partial charge in [-0.3, -0.25) is 4.79 Å². The van der Waals surface area contributed by atoms with Crippen LogP contribution in [0.1, 0.15) is 39.9 Å². The number of fused-ring (bicyclic) bond motifs is 3. The van der Waals surface area contributed by atoms with E-state index < -0.39 is 23.4 Å². The van der Waals surface area contributed by atoms with Gasteiger partial charge in [-0.25, -0.2) is 0 Å². The van der Waals surface area contributed by atoms with Crippen LogP contribution >= 0.6 is 0 Å². The molecule has 0 amide bonds. The molecule has 0 saturated carbocycles. The average molecular weight is 460 g/mol. The maximum atomic E-state index is 14.2. The van der Waals surface area contributed by atoms with Crippen LogP contribution in [0.2, 0.25) is 0 Å². The van der Waals surface area contributed by atoms with Crippen LogP contribution in [-0.2, 0) is 0 Å². The Morgan fingerprint density at radius 3 is 2.34 bits per heavy atom. The van der Waals surface area contributed by atoms with Crippen LogP contribution in [0.4, 0.5) is 5.69 Å². The molecule has 2 aliphatic heterocycles. The molecule has 172 valence electrons. The largest absolute Gasteiger partial charge is 0.494 e. The van der Waals surface area contributed by atoms with Crippen molar-refractivity contribution in [1.29, 1.82) is 10.5 Å². The minimum absolute atomic E-state index is 0.105. The summed E-state index contributed by atoms with van der Waals surface area (Å²) in [6, 6.07) is 26.1. The highest BCUT2D eigenvalue weighted by atomic mass is 16.5. The highest BCUT2D eigenvalue weighted by molar-refractivity contribution is 6.04. The Kier molecular flexibility index (Phi) is 5.63. The van der Waals surface area contributed by atoms with Crippen molar-refractivity contribution >= 4 is 17.5 Å². The second-order valence-electron chi connectivity index (χ2n) is 9.02. The number of rotatable bonds is 5. The van der Waals surface area contributed by atoms with Crippen LogP contribution in [-0.4, -0.2) is 24.5 Å². The van der Waals surface area contributed by atoms with Crippen molar-refractivity contribution < 1.29 is 9.53 Å². The molecule has 5 nitrogen and oxygen atoms in total. The number of Topliss-reactive ketones (excluding diaryl/α,β-unsaturated/α-hetero) is 1. The molecule has 0 spiro atoms. The van der Waals surface area contributed by atoms with Gasteiger partial charge in [-0.1, -0.05) is 72.3 Å². The average Bonchev–Trinajstić information content (AvgIpc) is 3.20. The minimum atomic E-state index is -1.46. The van der Waals surface area contributed by atoms with Gasteiger partial charge in [0, 0.05) is 17.2 Å². The van der Waals surface area contributed by atoms with Crippen LogP contribution in [0.15, 0.2) is 78.9 Å². The Hall–Kier alpha value is -4.35. The number of benzene rings is 3. The normalized spacial score (nSPS) is 21.4. The summed E-state index contributed by atoms with van der Waals surface area (Å²) >= 11 is 0. The third-order valence-electron chi connectivity index (χ3n) is 7.07. The van der Waals surface area contributed by atoms with Gasteiger partial charge in [-0.05, 0) is 43.2 Å². The molecular formula is C30H25N3O2. The lowest BCUT2D eigenvalue weighted by atomic mass is 9.69. The SMILES string of the molecule is CCOc1ccc([C@H]2[C@H](C(=O)c3ccc(C)cc3)N3c4ccccc4C=C[C@H]3C2(C#N)C#N)cc1. The Morgan fingerprint density at radius 1 is 1.00 bits per heavy atom. The Balaban J connectivity index is 1.74. The first-order valence-corrected chi connectivity index (χ1v) is 11.8. The molecule has 0 N–H and O–H groups in total. The first-order chi connectivity index (χ1) is 17.0. The molecule has 1 saturated heterocycles. The van der Waals surface area contributed by atoms with Crippen LogP contribution in [0.3, 0.4) is 0 Å². The van der Waals surface area contributed by atoms with Gasteiger partial charge >= 0.3 is 0 Å². The highest BCUT2D eigenvalue weighted by Gasteiger charge is 2.63. The van der Waals surface area contributed by atoms with Crippen molar-refractivity contribution in [2.75, 3.05) is 11.5 Å². The number of hydrogen-bond donors (Lipinski definition) is 0. The van der Waals surface area contributed by atoms with E-state index in [1.54, 1.807) is 0 Å². The summed E-state index contributed by atoms with van der Waals surface area (Å²) in [5.41, 5.74) is 2.75. The molecule has 1 fully saturated rings. The highest BCUT2D eigenvalue weighted by Crippen LogP contribution is 2.55. The van der Waals surface area contributed by atoms with Crippen molar-refractivity contribution in [1.82, 2.24) is 0 Å². The summed E-state index contributed by atoms with van der Waals surface area (Å²) in [6.07, 6.45) is 3.85. The molecule has 35 heavy (non-hydrogen) atoms. The van der Waals surface area contributed by atoms with Gasteiger partial charge in [0.25, 0.3) is 0 Å². The van der Waals surface area contributed by atoms with E-state index in [2.05, 4.69) is 12.1 Å². The van der Waals surface area contributed by atoms with Crippen molar-refractivity contribution in [3.8, 4) is 17.9 Å². The van der Waals surface area contributed by atoms with Gasteiger partial charge in [0.05, 0.1) is 24.8 Å². The molecule has 0 radical (unpaired) electrons. The molecule has 0 bridgehead atoms. The van der Waals surface area contributed by atoms with Gasteiger partial charge in [0.15, 0.2) is 11.2 Å². The summed E-state index contributed by atoms with van der Waals surface area (Å²) in [4.78, 5) is 16.2. The molecule has 0 aliphatic carbocycles. The van der Waals surface area contributed by atoms with E-state index >= 15 is 0 Å². The van der Waals surface area contributed by atoms with Gasteiger partial charge in [0.1, 0.15) is 11.8 Å². The van der Waals surface area contributed by atoms with Gasteiger partial charge in [-0.2, -0.15) is 10.5 Å². The molecular weight excluding hydrogens is 434 g/mol. The predicted octanol–water partition coefficient (Wildman–Crippen LogP) is 5.68. The van der Waals surface area contributed by atoms with Crippen molar-refractivity contribution in [3.05, 3.63) is 101 Å². The maximum Gasteiger partial charge on any atom is 0.185 e. The maximum absolute atomic E-state index is 14.2. The van der Waals surface area contributed by atoms with Crippen LogP contribution in [0, 0.1) is 35.0 Å². The third-order valence-corrected chi connectivity index (χ3v) is 7.07. The topological polar surface area (TPSA) is 77.1 Å². The summed E-state index contributed by atoms with van der Waals surface area (Å²) in [6.45, 7) is 4.43. The van der Waals surface area contributed by atoms with Crippen LogP contribution in [0.5, 0.6) is 5.75 Å². The predicted molar refractivity (Wildman–Crippen MR) is 135 cm³/mol. The lowest BCUT2D eigenvalue weighted by molar-refractivity contribution is 0.0951. The zero-order valence-corrected chi connectivity index (χ0v) is 19.7. The van der Waals surface area contributed by atoms with E-state index in [1.165, 1.54) is 0 Å². The summed E-state index contributed by atoms with van der Waals surface area (Å²) in [5.74, 6) is -0.0627. The quantitative estimate of drug-likeness (QED) is 0.459. The monoisotopic (exact) mass is 459 g/mol. The van der Waals surface area contributed by atoms with Crippen molar-refractivity contribution in [2.24, 2.45) is 5.41 Å². The summed E-state index contributed by atoms with van der Waals surface area (Å²) < 4.78 is 5.61. The summed E-state index contributed by atoms with van der Waals surface area (Å²) in [5, 5.41) is 21.0. The number of ketones is 1. The number of nitriles is 2. The molecule has 5 heteroatoms. The molecule has 2 heterocycles. The van der Waals surface area contributed by atoms with Gasteiger partial charge in [0.2, 0.25) is 0 Å². The lowest BCUT2D eigenvalue weighted by Crippen LogP contribution is -2.44.